The fourth-order valence-electron chi connectivity index (χ4n) is 5.70. The Bertz CT molecular complexity index is 1140. The second-order valence-corrected chi connectivity index (χ2v) is 11.2. The summed E-state index contributed by atoms with van der Waals surface area (Å²) in [6.07, 6.45) is 1.19. The summed E-state index contributed by atoms with van der Waals surface area (Å²) >= 11 is 0. The molecule has 3 amide bonds. The lowest BCUT2D eigenvalue weighted by molar-refractivity contribution is -0.141. The number of hydrogen-bond acceptors (Lipinski definition) is 7. The molecule has 0 aromatic heterocycles. The number of ether oxygens (including phenoxy) is 1. The molecule has 204 valence electrons. The topological polar surface area (TPSA) is 143 Å². The first-order valence-electron chi connectivity index (χ1n) is 13.0. The molecule has 3 fully saturated rings. The third kappa shape index (κ3) is 5.60. The van der Waals surface area contributed by atoms with Crippen LogP contribution in [0.3, 0.4) is 0 Å². The average Bonchev–Trinajstić information content (AvgIpc) is 3.56. The number of carbonyl (C=O) groups excluding carboxylic acids is 3. The summed E-state index contributed by atoms with van der Waals surface area (Å²) in [4.78, 5) is 55.9. The van der Waals surface area contributed by atoms with E-state index in [1.807, 2.05) is 16.7 Å². The van der Waals surface area contributed by atoms with Crippen molar-refractivity contribution in [2.75, 3.05) is 19.6 Å². The van der Waals surface area contributed by atoms with Crippen LogP contribution < -0.4 is 5.32 Å². The van der Waals surface area contributed by atoms with E-state index in [0.29, 0.717) is 25.9 Å². The van der Waals surface area contributed by atoms with Crippen LogP contribution in [0, 0.1) is 11.3 Å². The molecule has 1 aromatic rings. The standard InChI is InChI=1S/C27H35N5O6/c1-16(17-7-9-18(10-8-17)25(35)36)32-20-12-22(24(32)34)30(14-20)15-21(29-26(37)38-27(2,3)4)23(33)31-11-5-6-19(31)13-28/h7-10,16,19-22H,5-6,11-12,14-15H2,1-4H3,(H,29,37)(H,35,36)/t16-,19?,20-,21?,22?/m0/s1. The first-order chi connectivity index (χ1) is 17.9. The maximum atomic E-state index is 13.5. The predicted octanol–water partition coefficient (Wildman–Crippen LogP) is 2.14. The number of aromatic carboxylic acids is 1. The summed E-state index contributed by atoms with van der Waals surface area (Å²) < 4.78 is 5.39. The molecule has 11 nitrogen and oxygen atoms in total. The van der Waals surface area contributed by atoms with Gasteiger partial charge in [-0.3, -0.25) is 14.5 Å². The Balaban J connectivity index is 1.47. The number of nitrogens with one attached hydrogen (secondary N) is 1. The maximum absolute atomic E-state index is 13.5. The van der Waals surface area contributed by atoms with E-state index >= 15 is 0 Å². The van der Waals surface area contributed by atoms with Gasteiger partial charge in [-0.25, -0.2) is 9.59 Å². The van der Waals surface area contributed by atoms with Gasteiger partial charge in [-0.15, -0.1) is 0 Å². The summed E-state index contributed by atoms with van der Waals surface area (Å²) in [5, 5.41) is 21.3. The van der Waals surface area contributed by atoms with Crippen LogP contribution in [-0.4, -0.2) is 93.1 Å². The molecular weight excluding hydrogens is 490 g/mol. The molecule has 0 spiro atoms. The molecule has 0 aliphatic carbocycles. The minimum Gasteiger partial charge on any atom is -0.478 e. The third-order valence-electron chi connectivity index (χ3n) is 7.46. The van der Waals surface area contributed by atoms with Crippen molar-refractivity contribution in [3.05, 3.63) is 35.4 Å². The third-order valence-corrected chi connectivity index (χ3v) is 7.46. The highest BCUT2D eigenvalue weighted by molar-refractivity contribution is 5.89. The van der Waals surface area contributed by atoms with E-state index in [4.69, 9.17) is 9.84 Å². The molecule has 3 saturated heterocycles. The number of nitrogens with zero attached hydrogens (tertiary/aromatic N) is 4. The van der Waals surface area contributed by atoms with Gasteiger partial charge in [0.15, 0.2) is 0 Å². The quantitative estimate of drug-likeness (QED) is 0.551. The Morgan fingerprint density at radius 1 is 1.24 bits per heavy atom. The van der Waals surface area contributed by atoms with Crippen LogP contribution in [0.4, 0.5) is 4.79 Å². The number of likely N-dealkylation sites (tertiary alicyclic amines) is 3. The summed E-state index contributed by atoms with van der Waals surface area (Å²) in [6, 6.07) is 6.46. The summed E-state index contributed by atoms with van der Waals surface area (Å²) in [5.41, 5.74) is 0.285. The molecule has 3 heterocycles. The second-order valence-electron chi connectivity index (χ2n) is 11.2. The lowest BCUT2D eigenvalue weighted by Gasteiger charge is -2.39. The molecule has 2 N–H and O–H groups in total. The van der Waals surface area contributed by atoms with Crippen LogP contribution in [0.25, 0.3) is 0 Å². The number of alkyl carbamates (subject to hydrolysis) is 1. The maximum Gasteiger partial charge on any atom is 0.408 e. The van der Waals surface area contributed by atoms with Crippen molar-refractivity contribution in [3.63, 3.8) is 0 Å². The number of piperazine rings is 1. The number of carboxylic acid groups (broad SMARTS) is 1. The van der Waals surface area contributed by atoms with Crippen LogP contribution in [0.15, 0.2) is 24.3 Å². The molecule has 0 saturated carbocycles. The minimum absolute atomic E-state index is 0.0596. The highest BCUT2D eigenvalue weighted by Crippen LogP contribution is 2.38. The summed E-state index contributed by atoms with van der Waals surface area (Å²) in [6.45, 7) is 8.24. The number of carbonyl (C=O) groups is 4. The zero-order valence-corrected chi connectivity index (χ0v) is 22.2. The predicted molar refractivity (Wildman–Crippen MR) is 136 cm³/mol. The van der Waals surface area contributed by atoms with Gasteiger partial charge in [0.05, 0.1) is 23.7 Å². The first kappa shape index (κ1) is 27.4. The molecule has 0 radical (unpaired) electrons. The number of fused-ring (bicyclic) bond motifs is 2. The summed E-state index contributed by atoms with van der Waals surface area (Å²) in [5.74, 6) is -1.41. The molecule has 3 unspecified atom stereocenters. The molecule has 11 heteroatoms. The smallest absolute Gasteiger partial charge is 0.408 e. The SMILES string of the molecule is C[C@@H](c1ccc(C(=O)O)cc1)N1C(=O)C2C[C@H]1CN2CC(NC(=O)OC(C)(C)C)C(=O)N1CCCC1C#N. The van der Waals surface area contributed by atoms with Gasteiger partial charge >= 0.3 is 12.1 Å². The second kappa shape index (κ2) is 10.6. The Morgan fingerprint density at radius 2 is 1.92 bits per heavy atom. The number of hydrogen-bond donors (Lipinski definition) is 2. The highest BCUT2D eigenvalue weighted by atomic mass is 16.6. The zero-order chi connectivity index (χ0) is 27.8. The van der Waals surface area contributed by atoms with Crippen molar-refractivity contribution >= 4 is 23.9 Å². The van der Waals surface area contributed by atoms with E-state index in [1.54, 1.807) is 32.9 Å². The number of nitriles is 1. The van der Waals surface area contributed by atoms with Gasteiger partial charge in [0, 0.05) is 25.7 Å². The Morgan fingerprint density at radius 3 is 2.50 bits per heavy atom. The van der Waals surface area contributed by atoms with Crippen molar-refractivity contribution in [2.24, 2.45) is 0 Å². The van der Waals surface area contributed by atoms with E-state index in [1.165, 1.54) is 17.0 Å². The van der Waals surface area contributed by atoms with Crippen LogP contribution >= 0.6 is 0 Å². The van der Waals surface area contributed by atoms with Gasteiger partial charge in [0.25, 0.3) is 0 Å². The Labute approximate surface area is 222 Å². The molecule has 3 aliphatic heterocycles. The Hall–Kier alpha value is -3.65. The number of amides is 3. The van der Waals surface area contributed by atoms with Gasteiger partial charge in [0.2, 0.25) is 11.8 Å². The van der Waals surface area contributed by atoms with E-state index in [-0.39, 0.29) is 36.0 Å². The van der Waals surface area contributed by atoms with Crippen molar-refractivity contribution in [2.45, 2.75) is 82.8 Å². The monoisotopic (exact) mass is 525 g/mol. The molecular formula is C27H35N5O6. The minimum atomic E-state index is -1.00. The van der Waals surface area contributed by atoms with Gasteiger partial charge in [-0.05, 0) is 64.7 Å². The molecule has 4 rings (SSSR count). The largest absolute Gasteiger partial charge is 0.478 e. The van der Waals surface area contributed by atoms with Crippen molar-refractivity contribution in [3.8, 4) is 6.07 Å². The first-order valence-corrected chi connectivity index (χ1v) is 13.0. The lowest BCUT2D eigenvalue weighted by Crippen LogP contribution is -2.59. The van der Waals surface area contributed by atoms with E-state index in [9.17, 15) is 24.4 Å². The van der Waals surface area contributed by atoms with Crippen molar-refractivity contribution in [1.29, 1.82) is 5.26 Å². The van der Waals surface area contributed by atoms with E-state index in [2.05, 4.69) is 11.4 Å². The molecule has 1 aromatic carbocycles. The normalized spacial score (nSPS) is 24.7. The Kier molecular flexibility index (Phi) is 7.65. The van der Waals surface area contributed by atoms with Crippen molar-refractivity contribution in [1.82, 2.24) is 20.0 Å². The van der Waals surface area contributed by atoms with E-state index < -0.39 is 35.8 Å². The van der Waals surface area contributed by atoms with Gasteiger partial charge in [-0.1, -0.05) is 12.1 Å². The number of benzene rings is 1. The molecule has 38 heavy (non-hydrogen) atoms. The lowest BCUT2D eigenvalue weighted by atomic mass is 10.0. The van der Waals surface area contributed by atoms with Crippen LogP contribution in [0.2, 0.25) is 0 Å². The number of carboxylic acids is 1. The molecule has 2 bridgehead atoms. The fourth-order valence-corrected chi connectivity index (χ4v) is 5.70. The highest BCUT2D eigenvalue weighted by Gasteiger charge is 2.52. The summed E-state index contributed by atoms with van der Waals surface area (Å²) in [7, 11) is 0. The molecule has 3 aliphatic rings. The van der Waals surface area contributed by atoms with Gasteiger partial charge in [0.1, 0.15) is 17.7 Å². The van der Waals surface area contributed by atoms with Gasteiger partial charge < -0.3 is 25.0 Å². The zero-order valence-electron chi connectivity index (χ0n) is 22.2. The van der Waals surface area contributed by atoms with E-state index in [0.717, 1.165) is 12.0 Å². The molecule has 5 atom stereocenters. The fraction of sp³-hybridized carbons (Fsp3) is 0.593. The van der Waals surface area contributed by atoms with Gasteiger partial charge in [-0.2, -0.15) is 5.26 Å². The van der Waals surface area contributed by atoms with Crippen LogP contribution in [-0.2, 0) is 14.3 Å². The number of rotatable bonds is 7. The van der Waals surface area contributed by atoms with Crippen LogP contribution in [0.1, 0.15) is 68.9 Å². The van der Waals surface area contributed by atoms with Crippen molar-refractivity contribution < 1.29 is 29.0 Å². The van der Waals surface area contributed by atoms with Crippen LogP contribution in [0.5, 0.6) is 0 Å². The average molecular weight is 526 g/mol.